The fraction of sp³-hybridized carbons (Fsp3) is 0.207. The molecule has 0 aliphatic carbocycles. The van der Waals surface area contributed by atoms with Gasteiger partial charge in [0.25, 0.3) is 5.91 Å². The fourth-order valence-corrected chi connectivity index (χ4v) is 4.81. The van der Waals surface area contributed by atoms with Crippen LogP contribution in [0.4, 0.5) is 8.78 Å². The normalized spacial score (nSPS) is 12.9. The third-order valence-electron chi connectivity index (χ3n) is 6.23. The minimum atomic E-state index is -3.46. The monoisotopic (exact) mass is 583 g/mol. The summed E-state index contributed by atoms with van der Waals surface area (Å²) in [7, 11) is -3.46. The van der Waals surface area contributed by atoms with Crippen LogP contribution in [-0.4, -0.2) is 53.4 Å². The lowest BCUT2D eigenvalue weighted by molar-refractivity contribution is -0.139. The third kappa shape index (κ3) is 8.21. The summed E-state index contributed by atoms with van der Waals surface area (Å²) in [5.41, 5.74) is 1.51. The van der Waals surface area contributed by atoms with E-state index in [0.29, 0.717) is 34.7 Å². The highest BCUT2D eigenvalue weighted by Crippen LogP contribution is 2.32. The van der Waals surface area contributed by atoms with E-state index in [-0.39, 0.29) is 12.0 Å². The molecule has 0 saturated heterocycles. The van der Waals surface area contributed by atoms with Crippen molar-refractivity contribution in [3.05, 3.63) is 108 Å². The van der Waals surface area contributed by atoms with Crippen LogP contribution in [0.3, 0.4) is 0 Å². The maximum atomic E-state index is 13.7. The molecule has 0 radical (unpaired) electrons. The number of rotatable bonds is 12. The Morgan fingerprint density at radius 3 is 2.27 bits per heavy atom. The van der Waals surface area contributed by atoms with E-state index < -0.39 is 51.2 Å². The molecule has 4 aromatic rings. The van der Waals surface area contributed by atoms with Crippen molar-refractivity contribution in [2.24, 2.45) is 0 Å². The van der Waals surface area contributed by atoms with Crippen LogP contribution in [0.2, 0.25) is 0 Å². The number of hydrogen-bond donors (Lipinski definition) is 3. The Morgan fingerprint density at radius 2 is 1.68 bits per heavy atom. The lowest BCUT2D eigenvalue weighted by Crippen LogP contribution is -2.42. The SMILES string of the molecule is CS(=O)(=O)CC[C@H](NC(=O)c1ccc(OC(Cc2ncc[nH]2)c2ccc(F)cc2)cc1-c1ccc(F)cc1)C(=O)O. The number of aliphatic carboxylic acids is 1. The van der Waals surface area contributed by atoms with E-state index in [4.69, 9.17) is 4.74 Å². The minimum Gasteiger partial charge on any atom is -0.485 e. The molecule has 0 aliphatic rings. The number of H-pyrrole nitrogens is 1. The standard InChI is InChI=1S/C29H27F2N3O6S/c1-41(38,39)15-12-25(29(36)37)34-28(35)23-11-10-22(16-24(23)18-2-6-20(30)7-3-18)40-26(17-27-32-13-14-33-27)19-4-8-21(31)9-5-19/h2-11,13-14,16,25-26H,12,15,17H2,1H3,(H,32,33)(H,34,35)(H,36,37)/t25-,26?/m0/s1. The second kappa shape index (κ2) is 12.7. The summed E-state index contributed by atoms with van der Waals surface area (Å²) >= 11 is 0. The third-order valence-corrected chi connectivity index (χ3v) is 7.20. The van der Waals surface area contributed by atoms with Crippen LogP contribution < -0.4 is 10.1 Å². The van der Waals surface area contributed by atoms with Gasteiger partial charge in [-0.2, -0.15) is 0 Å². The van der Waals surface area contributed by atoms with Crippen molar-refractivity contribution in [2.45, 2.75) is 25.0 Å². The first-order valence-corrected chi connectivity index (χ1v) is 14.6. The summed E-state index contributed by atoms with van der Waals surface area (Å²) in [6, 6.07) is 14.2. The van der Waals surface area contributed by atoms with Crippen LogP contribution in [0.25, 0.3) is 11.1 Å². The number of imidazole rings is 1. The zero-order valence-electron chi connectivity index (χ0n) is 21.9. The van der Waals surface area contributed by atoms with E-state index in [2.05, 4.69) is 15.3 Å². The Kier molecular flexibility index (Phi) is 9.13. The number of nitrogens with zero attached hydrogens (tertiary/aromatic N) is 1. The number of benzene rings is 3. The number of nitrogens with one attached hydrogen (secondary N) is 2. The maximum Gasteiger partial charge on any atom is 0.326 e. The van der Waals surface area contributed by atoms with Gasteiger partial charge >= 0.3 is 5.97 Å². The number of ether oxygens (including phenoxy) is 1. The second-order valence-corrected chi connectivity index (χ2v) is 11.7. The van der Waals surface area contributed by atoms with E-state index in [9.17, 15) is 31.9 Å². The molecular formula is C29H27F2N3O6S. The molecule has 9 nitrogen and oxygen atoms in total. The molecule has 0 saturated carbocycles. The van der Waals surface area contributed by atoms with Gasteiger partial charge in [0.1, 0.15) is 45.2 Å². The highest BCUT2D eigenvalue weighted by atomic mass is 32.2. The number of halogens is 2. The molecule has 0 fully saturated rings. The molecule has 0 aliphatic heterocycles. The average molecular weight is 584 g/mol. The summed E-state index contributed by atoms with van der Waals surface area (Å²) in [5, 5.41) is 11.9. The van der Waals surface area contributed by atoms with Gasteiger partial charge < -0.3 is 20.1 Å². The molecule has 41 heavy (non-hydrogen) atoms. The first-order valence-electron chi connectivity index (χ1n) is 12.5. The predicted molar refractivity (Wildman–Crippen MR) is 147 cm³/mol. The van der Waals surface area contributed by atoms with Crippen molar-refractivity contribution in [3.63, 3.8) is 0 Å². The summed E-state index contributed by atoms with van der Waals surface area (Å²) in [6.07, 6.45) is 3.63. The van der Waals surface area contributed by atoms with Gasteiger partial charge in [-0.05, 0) is 65.6 Å². The van der Waals surface area contributed by atoms with Crippen LogP contribution in [0, 0.1) is 11.6 Å². The largest absolute Gasteiger partial charge is 0.485 e. The van der Waals surface area contributed by atoms with E-state index in [1.807, 2.05) is 0 Å². The molecule has 2 atom stereocenters. The molecule has 0 bridgehead atoms. The smallest absolute Gasteiger partial charge is 0.326 e. The van der Waals surface area contributed by atoms with Crippen LogP contribution >= 0.6 is 0 Å². The Balaban J connectivity index is 1.68. The average Bonchev–Trinajstić information content (AvgIpc) is 3.44. The van der Waals surface area contributed by atoms with Gasteiger partial charge in [-0.3, -0.25) is 4.79 Å². The zero-order chi connectivity index (χ0) is 29.6. The molecule has 3 N–H and O–H groups in total. The molecule has 4 rings (SSSR count). The minimum absolute atomic E-state index is 0.0685. The number of aromatic nitrogens is 2. The van der Waals surface area contributed by atoms with Crippen LogP contribution in [0.1, 0.15) is 34.3 Å². The fourth-order valence-electron chi connectivity index (χ4n) is 4.14. The van der Waals surface area contributed by atoms with Crippen molar-refractivity contribution in [1.82, 2.24) is 15.3 Å². The van der Waals surface area contributed by atoms with Gasteiger partial charge in [0.05, 0.1) is 5.75 Å². The molecule has 1 unspecified atom stereocenters. The van der Waals surface area contributed by atoms with E-state index in [1.54, 1.807) is 30.6 Å². The number of carboxylic acid groups (broad SMARTS) is 1. The first kappa shape index (κ1) is 29.4. The van der Waals surface area contributed by atoms with Gasteiger partial charge in [-0.25, -0.2) is 27.0 Å². The number of carboxylic acids is 1. The van der Waals surface area contributed by atoms with Crippen molar-refractivity contribution in [2.75, 3.05) is 12.0 Å². The maximum absolute atomic E-state index is 13.7. The lowest BCUT2D eigenvalue weighted by atomic mass is 9.98. The topological polar surface area (TPSA) is 138 Å². The summed E-state index contributed by atoms with van der Waals surface area (Å²) in [4.78, 5) is 32.2. The second-order valence-electron chi connectivity index (χ2n) is 9.40. The Morgan fingerprint density at radius 1 is 1.02 bits per heavy atom. The molecule has 1 heterocycles. The van der Waals surface area contributed by atoms with Gasteiger partial charge in [0, 0.05) is 30.6 Å². The van der Waals surface area contributed by atoms with E-state index >= 15 is 0 Å². The number of aromatic amines is 1. The molecular weight excluding hydrogens is 556 g/mol. The Bertz CT molecular complexity index is 1610. The number of hydrogen-bond acceptors (Lipinski definition) is 6. The van der Waals surface area contributed by atoms with Gasteiger partial charge in [-0.15, -0.1) is 0 Å². The quantitative estimate of drug-likeness (QED) is 0.226. The van der Waals surface area contributed by atoms with Crippen molar-refractivity contribution < 1.29 is 36.6 Å². The molecule has 3 aromatic carbocycles. The Labute approximate surface area is 235 Å². The van der Waals surface area contributed by atoms with Gasteiger partial charge in [0.15, 0.2) is 0 Å². The summed E-state index contributed by atoms with van der Waals surface area (Å²) < 4.78 is 56.7. The van der Waals surface area contributed by atoms with Gasteiger partial charge in [-0.1, -0.05) is 24.3 Å². The van der Waals surface area contributed by atoms with Crippen molar-refractivity contribution >= 4 is 21.7 Å². The molecule has 214 valence electrons. The predicted octanol–water partition coefficient (Wildman–Crippen LogP) is 4.34. The van der Waals surface area contributed by atoms with Gasteiger partial charge in [0.2, 0.25) is 0 Å². The lowest BCUT2D eigenvalue weighted by Gasteiger charge is -2.21. The molecule has 12 heteroatoms. The first-order chi connectivity index (χ1) is 19.5. The van der Waals surface area contributed by atoms with Crippen LogP contribution in [-0.2, 0) is 21.1 Å². The summed E-state index contributed by atoms with van der Waals surface area (Å²) in [5.74, 6) is -2.52. The van der Waals surface area contributed by atoms with E-state index in [1.165, 1.54) is 48.5 Å². The number of sulfone groups is 1. The van der Waals surface area contributed by atoms with Crippen molar-refractivity contribution in [1.29, 1.82) is 0 Å². The summed E-state index contributed by atoms with van der Waals surface area (Å²) in [6.45, 7) is 0. The molecule has 1 aromatic heterocycles. The number of amides is 1. The van der Waals surface area contributed by atoms with Crippen LogP contribution in [0.15, 0.2) is 79.1 Å². The number of carbonyl (C=O) groups is 2. The number of carbonyl (C=O) groups excluding carboxylic acids is 1. The Hall–Kier alpha value is -4.58. The van der Waals surface area contributed by atoms with Crippen molar-refractivity contribution in [3.8, 4) is 16.9 Å². The molecule has 0 spiro atoms. The molecule has 1 amide bonds. The van der Waals surface area contributed by atoms with E-state index in [0.717, 1.165) is 6.26 Å². The zero-order valence-corrected chi connectivity index (χ0v) is 22.7. The highest BCUT2D eigenvalue weighted by molar-refractivity contribution is 7.90. The highest BCUT2D eigenvalue weighted by Gasteiger charge is 2.25. The van der Waals surface area contributed by atoms with Crippen LogP contribution in [0.5, 0.6) is 5.75 Å².